The van der Waals surface area contributed by atoms with Crippen LogP contribution in [0, 0.1) is 5.82 Å². The zero-order valence-electron chi connectivity index (χ0n) is 16.1. The summed E-state index contributed by atoms with van der Waals surface area (Å²) in [5, 5.41) is 0. The monoisotopic (exact) mass is 436 g/mol. The van der Waals surface area contributed by atoms with Crippen molar-refractivity contribution in [2.24, 2.45) is 0 Å². The molecular weight excluding hydrogens is 420 g/mol. The van der Waals surface area contributed by atoms with Gasteiger partial charge in [-0.25, -0.2) is 19.3 Å². The van der Waals surface area contributed by atoms with E-state index in [-0.39, 0.29) is 23.8 Å². The number of benzene rings is 1. The average Bonchev–Trinajstić information content (AvgIpc) is 2.72. The van der Waals surface area contributed by atoms with Gasteiger partial charge in [0.2, 0.25) is 0 Å². The van der Waals surface area contributed by atoms with E-state index in [2.05, 4.69) is 24.7 Å². The Labute approximate surface area is 173 Å². The smallest absolute Gasteiger partial charge is 0.403 e. The minimum atomic E-state index is -5.02. The number of ketones is 1. The molecule has 3 aromatic rings. The third-order valence-electron chi connectivity index (χ3n) is 4.38. The van der Waals surface area contributed by atoms with Crippen LogP contribution in [0.2, 0.25) is 0 Å². The molecular formula is C20H16F4N4O3. The molecule has 0 aliphatic carbocycles. The van der Waals surface area contributed by atoms with Crippen molar-refractivity contribution in [1.29, 1.82) is 0 Å². The highest BCUT2D eigenvalue weighted by atomic mass is 19.4. The van der Waals surface area contributed by atoms with Gasteiger partial charge in [-0.2, -0.15) is 0 Å². The Bertz CT molecular complexity index is 1130. The number of halogens is 4. The number of carbonyl (C=O) groups excluding carboxylic acids is 1. The molecule has 0 fully saturated rings. The number of ether oxygens (including phenoxy) is 1. The van der Waals surface area contributed by atoms with Crippen LogP contribution in [0.15, 0.2) is 47.5 Å². The summed E-state index contributed by atoms with van der Waals surface area (Å²) < 4.78 is 54.6. The van der Waals surface area contributed by atoms with Crippen molar-refractivity contribution in [3.8, 4) is 17.4 Å². The second kappa shape index (κ2) is 9.02. The van der Waals surface area contributed by atoms with Crippen molar-refractivity contribution in [1.82, 2.24) is 19.9 Å². The Kier molecular flexibility index (Phi) is 6.42. The minimum absolute atomic E-state index is 0.0178. The lowest BCUT2D eigenvalue weighted by atomic mass is 9.90. The maximum absolute atomic E-state index is 14.0. The van der Waals surface area contributed by atoms with E-state index < -0.39 is 35.2 Å². The van der Waals surface area contributed by atoms with Gasteiger partial charge in [0, 0.05) is 24.9 Å². The number of nitrogens with zero attached hydrogens (tertiary/aromatic N) is 3. The van der Waals surface area contributed by atoms with E-state index in [4.69, 9.17) is 0 Å². The van der Waals surface area contributed by atoms with Crippen LogP contribution < -0.4 is 10.3 Å². The second-order valence-corrected chi connectivity index (χ2v) is 6.52. The first-order chi connectivity index (χ1) is 14.7. The predicted molar refractivity (Wildman–Crippen MR) is 101 cm³/mol. The van der Waals surface area contributed by atoms with Gasteiger partial charge in [0.25, 0.3) is 5.56 Å². The first-order valence-electron chi connectivity index (χ1n) is 9.13. The summed E-state index contributed by atoms with van der Waals surface area (Å²) in [4.78, 5) is 39.2. The first kappa shape index (κ1) is 22.1. The van der Waals surface area contributed by atoms with Gasteiger partial charge in [0.1, 0.15) is 5.69 Å². The number of Topliss-reactive ketones (excluding diaryl/α,β-unsaturated/α-hetero) is 1. The molecule has 0 radical (unpaired) electrons. The largest absolute Gasteiger partial charge is 0.573 e. The number of hydrogen-bond acceptors (Lipinski definition) is 6. The summed E-state index contributed by atoms with van der Waals surface area (Å²) in [5.74, 6) is -3.02. The lowest BCUT2D eigenvalue weighted by molar-refractivity contribution is -0.275. The molecule has 0 spiro atoms. The zero-order valence-corrected chi connectivity index (χ0v) is 16.1. The quantitative estimate of drug-likeness (QED) is 0.444. The van der Waals surface area contributed by atoms with Crippen molar-refractivity contribution in [3.63, 3.8) is 0 Å². The minimum Gasteiger partial charge on any atom is -0.403 e. The summed E-state index contributed by atoms with van der Waals surface area (Å²) in [6.07, 6.45) is -1.87. The lowest BCUT2D eigenvalue weighted by Gasteiger charge is -2.16. The standard InChI is InChI=1S/C20H16F4N4O3/c1-2-11(12-4-5-16(13(21)8-12)31-20(22,23)24)9-15(29)14-10-17(30)28-19(27-14)18-25-6-3-7-26-18/h3-8,10-11H,2,9H2,1H3,(H,27,28,30)/t11-/m0/s1. The summed E-state index contributed by atoms with van der Waals surface area (Å²) in [7, 11) is 0. The van der Waals surface area contributed by atoms with Crippen LogP contribution >= 0.6 is 0 Å². The molecule has 0 unspecified atom stereocenters. The molecule has 2 aromatic heterocycles. The van der Waals surface area contributed by atoms with Crippen LogP contribution in [-0.4, -0.2) is 32.1 Å². The molecule has 11 heteroatoms. The summed E-state index contributed by atoms with van der Waals surface area (Å²) in [5.41, 5.74) is -0.380. The fourth-order valence-corrected chi connectivity index (χ4v) is 2.93. The topological polar surface area (TPSA) is 97.8 Å². The van der Waals surface area contributed by atoms with Crippen molar-refractivity contribution < 1.29 is 27.1 Å². The van der Waals surface area contributed by atoms with Gasteiger partial charge < -0.3 is 9.72 Å². The molecule has 162 valence electrons. The molecule has 1 aromatic carbocycles. The number of aromatic nitrogens is 4. The molecule has 7 nitrogen and oxygen atoms in total. The Morgan fingerprint density at radius 1 is 1.19 bits per heavy atom. The summed E-state index contributed by atoms with van der Waals surface area (Å²) >= 11 is 0. The van der Waals surface area contributed by atoms with Crippen molar-refractivity contribution in [2.75, 3.05) is 0 Å². The maximum atomic E-state index is 14.0. The molecule has 0 bridgehead atoms. The lowest BCUT2D eigenvalue weighted by Crippen LogP contribution is -2.18. The number of nitrogens with one attached hydrogen (secondary N) is 1. The van der Waals surface area contributed by atoms with Gasteiger partial charge in [-0.05, 0) is 36.1 Å². The molecule has 3 rings (SSSR count). The number of H-pyrrole nitrogens is 1. The molecule has 31 heavy (non-hydrogen) atoms. The number of alkyl halides is 3. The molecule has 0 saturated heterocycles. The van der Waals surface area contributed by atoms with Gasteiger partial charge in [-0.3, -0.25) is 9.59 Å². The van der Waals surface area contributed by atoms with Gasteiger partial charge in [-0.15, -0.1) is 13.2 Å². The molecule has 0 aliphatic heterocycles. The summed E-state index contributed by atoms with van der Waals surface area (Å²) in [6.45, 7) is 1.74. The number of carbonyl (C=O) groups is 1. The van der Waals surface area contributed by atoms with Gasteiger partial charge in [0.05, 0.1) is 0 Å². The van der Waals surface area contributed by atoms with Crippen molar-refractivity contribution in [3.05, 3.63) is 70.2 Å². The fraction of sp³-hybridized carbons (Fsp3) is 0.250. The van der Waals surface area contributed by atoms with Gasteiger partial charge in [-0.1, -0.05) is 13.0 Å². The molecule has 0 saturated carbocycles. The van der Waals surface area contributed by atoms with E-state index in [0.717, 1.165) is 18.2 Å². The SMILES string of the molecule is CC[C@@H](CC(=O)c1cc(=O)[nH]c(-c2ncccn2)n1)c1ccc(OC(F)(F)F)c(F)c1. The zero-order chi connectivity index (χ0) is 22.6. The van der Waals surface area contributed by atoms with Crippen LogP contribution in [0.3, 0.4) is 0 Å². The third kappa shape index (κ3) is 5.71. The third-order valence-corrected chi connectivity index (χ3v) is 4.38. The van der Waals surface area contributed by atoms with Crippen LogP contribution in [-0.2, 0) is 0 Å². The van der Waals surface area contributed by atoms with E-state index >= 15 is 0 Å². The van der Waals surface area contributed by atoms with Crippen LogP contribution in [0.5, 0.6) is 5.75 Å². The predicted octanol–water partition coefficient (Wildman–Crippen LogP) is 4.03. The molecule has 0 amide bonds. The maximum Gasteiger partial charge on any atom is 0.573 e. The first-order valence-corrected chi connectivity index (χ1v) is 9.13. The Balaban J connectivity index is 1.83. The van der Waals surface area contributed by atoms with E-state index in [1.807, 2.05) is 0 Å². The highest BCUT2D eigenvalue weighted by Gasteiger charge is 2.32. The Morgan fingerprint density at radius 3 is 2.52 bits per heavy atom. The molecule has 0 aliphatic rings. The van der Waals surface area contributed by atoms with E-state index in [9.17, 15) is 27.2 Å². The number of aromatic amines is 1. The summed E-state index contributed by atoms with van der Waals surface area (Å²) in [6, 6.07) is 5.63. The Morgan fingerprint density at radius 2 is 1.90 bits per heavy atom. The average molecular weight is 436 g/mol. The van der Waals surface area contributed by atoms with E-state index in [0.29, 0.717) is 12.0 Å². The van der Waals surface area contributed by atoms with Crippen molar-refractivity contribution in [2.45, 2.75) is 32.0 Å². The normalized spacial score (nSPS) is 12.4. The number of hydrogen-bond donors (Lipinski definition) is 1. The van der Waals surface area contributed by atoms with Crippen LogP contribution in [0.4, 0.5) is 17.6 Å². The highest BCUT2D eigenvalue weighted by Crippen LogP contribution is 2.31. The van der Waals surface area contributed by atoms with Gasteiger partial charge >= 0.3 is 6.36 Å². The Hall–Kier alpha value is -3.63. The van der Waals surface area contributed by atoms with Gasteiger partial charge in [0.15, 0.2) is 29.0 Å². The van der Waals surface area contributed by atoms with E-state index in [1.54, 1.807) is 13.0 Å². The molecule has 2 heterocycles. The molecule has 1 atom stereocenters. The highest BCUT2D eigenvalue weighted by molar-refractivity contribution is 5.95. The van der Waals surface area contributed by atoms with Crippen molar-refractivity contribution >= 4 is 5.78 Å². The fourth-order valence-electron chi connectivity index (χ4n) is 2.93. The van der Waals surface area contributed by atoms with Crippen LogP contribution in [0.25, 0.3) is 11.6 Å². The van der Waals surface area contributed by atoms with E-state index in [1.165, 1.54) is 18.5 Å². The number of rotatable bonds is 7. The van der Waals surface area contributed by atoms with Crippen LogP contribution in [0.1, 0.15) is 41.7 Å². The second-order valence-electron chi connectivity index (χ2n) is 6.52. The molecule has 1 N–H and O–H groups in total.